The highest BCUT2D eigenvalue weighted by atomic mass is 19.1. The van der Waals surface area contributed by atoms with E-state index in [1.165, 1.54) is 12.1 Å². The molecule has 1 aromatic heterocycles. The number of aromatic nitrogens is 2. The first-order valence-electron chi connectivity index (χ1n) is 14.5. The third-order valence-corrected chi connectivity index (χ3v) is 7.88. The predicted octanol–water partition coefficient (Wildman–Crippen LogP) is 4.47. The molecule has 3 unspecified atom stereocenters. The average Bonchev–Trinajstić information content (AvgIpc) is 3.43. The molecule has 1 aromatic carbocycles. The molecular formula is C30H44FN5O4. The minimum Gasteiger partial charge on any atom is -0.393 e. The largest absolute Gasteiger partial charge is 0.393 e. The Morgan fingerprint density at radius 1 is 1.12 bits per heavy atom. The Labute approximate surface area is 236 Å². The van der Waals surface area contributed by atoms with Gasteiger partial charge < -0.3 is 20.6 Å². The molecule has 3 atom stereocenters. The van der Waals surface area contributed by atoms with Gasteiger partial charge in [0.1, 0.15) is 17.6 Å². The van der Waals surface area contributed by atoms with Crippen LogP contribution in [0.25, 0.3) is 0 Å². The van der Waals surface area contributed by atoms with Crippen molar-refractivity contribution in [2.75, 3.05) is 18.4 Å². The summed E-state index contributed by atoms with van der Waals surface area (Å²) in [6.07, 6.45) is 5.68. The second-order valence-electron chi connectivity index (χ2n) is 10.9. The molecule has 3 amide bonds. The minimum atomic E-state index is -0.838. The van der Waals surface area contributed by atoms with Gasteiger partial charge in [-0.1, -0.05) is 46.1 Å². The van der Waals surface area contributed by atoms with Crippen LogP contribution in [0.5, 0.6) is 0 Å². The number of aliphatic hydroxyl groups is 1. The maximum atomic E-state index is 15.1. The van der Waals surface area contributed by atoms with Crippen LogP contribution < -0.4 is 10.6 Å². The van der Waals surface area contributed by atoms with Gasteiger partial charge in [-0.3, -0.25) is 19.1 Å². The lowest BCUT2D eigenvalue weighted by molar-refractivity contribution is -0.133. The van der Waals surface area contributed by atoms with E-state index in [2.05, 4.69) is 29.6 Å². The van der Waals surface area contributed by atoms with E-state index in [0.29, 0.717) is 56.1 Å². The molecule has 9 nitrogen and oxygen atoms in total. The first kappa shape index (κ1) is 31.3. The molecule has 220 valence electrons. The first-order chi connectivity index (χ1) is 19.1. The van der Waals surface area contributed by atoms with E-state index >= 15 is 4.39 Å². The number of amides is 3. The van der Waals surface area contributed by atoms with Crippen molar-refractivity contribution in [2.45, 2.75) is 97.2 Å². The van der Waals surface area contributed by atoms with E-state index in [1.807, 2.05) is 13.8 Å². The third-order valence-electron chi connectivity index (χ3n) is 7.88. The zero-order chi connectivity index (χ0) is 29.2. The number of halogens is 1. The summed E-state index contributed by atoms with van der Waals surface area (Å²) in [6, 6.07) is 5.34. The first-order valence-corrected chi connectivity index (χ1v) is 14.5. The standard InChI is InChI=1S/C30H44FN5O4/c1-5-20(3)8-7-9-26(34-30(40)27-12-15-32-36(27)6-2)29(39)33-25-11-10-22(19-24(25)31)21(4)18-28(38)35-16-13-23(37)14-17-35/h10-12,15,19-21,23,26,37H,5-9,13-14,16-18H2,1-4H3,(H,33,39)(H,34,40). The smallest absolute Gasteiger partial charge is 0.270 e. The van der Waals surface area contributed by atoms with E-state index in [1.54, 1.807) is 27.9 Å². The van der Waals surface area contributed by atoms with E-state index in [0.717, 1.165) is 19.3 Å². The quantitative estimate of drug-likeness (QED) is 0.336. The number of benzene rings is 1. The summed E-state index contributed by atoms with van der Waals surface area (Å²) < 4.78 is 16.7. The third kappa shape index (κ3) is 8.61. The lowest BCUT2D eigenvalue weighted by Crippen LogP contribution is -2.44. The van der Waals surface area contributed by atoms with Gasteiger partial charge in [-0.25, -0.2) is 4.39 Å². The van der Waals surface area contributed by atoms with Gasteiger partial charge in [-0.2, -0.15) is 5.10 Å². The van der Waals surface area contributed by atoms with Crippen LogP contribution in [0, 0.1) is 11.7 Å². The number of anilines is 1. The molecule has 2 aromatic rings. The number of carbonyl (C=O) groups is 3. The van der Waals surface area contributed by atoms with Crippen LogP contribution in [0.3, 0.4) is 0 Å². The fraction of sp³-hybridized carbons (Fsp3) is 0.600. The molecule has 0 aliphatic carbocycles. The molecule has 0 bridgehead atoms. The highest BCUT2D eigenvalue weighted by Gasteiger charge is 2.25. The Kier molecular flexibility index (Phi) is 11.7. The molecule has 0 spiro atoms. The van der Waals surface area contributed by atoms with Crippen LogP contribution in [0.2, 0.25) is 0 Å². The summed E-state index contributed by atoms with van der Waals surface area (Å²) in [7, 11) is 0. The van der Waals surface area contributed by atoms with Crippen LogP contribution in [0.1, 0.15) is 94.6 Å². The summed E-state index contributed by atoms with van der Waals surface area (Å²) >= 11 is 0. The number of piperidine rings is 1. The van der Waals surface area contributed by atoms with E-state index < -0.39 is 23.7 Å². The number of rotatable bonds is 13. The molecular weight excluding hydrogens is 513 g/mol. The molecule has 1 saturated heterocycles. The normalized spacial score (nSPS) is 16.3. The average molecular weight is 558 g/mol. The number of hydrogen-bond acceptors (Lipinski definition) is 5. The zero-order valence-corrected chi connectivity index (χ0v) is 24.2. The van der Waals surface area contributed by atoms with E-state index in [9.17, 15) is 19.5 Å². The monoisotopic (exact) mass is 557 g/mol. The number of nitrogens with zero attached hydrogens (tertiary/aromatic N) is 3. The number of hydrogen-bond donors (Lipinski definition) is 3. The maximum absolute atomic E-state index is 15.1. The second kappa shape index (κ2) is 14.9. The summed E-state index contributed by atoms with van der Waals surface area (Å²) in [5.41, 5.74) is 1.05. The van der Waals surface area contributed by atoms with Crippen molar-refractivity contribution in [1.82, 2.24) is 20.0 Å². The fourth-order valence-electron chi connectivity index (χ4n) is 4.94. The second-order valence-corrected chi connectivity index (χ2v) is 10.9. The number of nitrogens with one attached hydrogen (secondary N) is 2. The Bertz CT molecular complexity index is 1140. The van der Waals surface area contributed by atoms with Crippen molar-refractivity contribution in [3.8, 4) is 0 Å². The highest BCUT2D eigenvalue weighted by molar-refractivity contribution is 6.00. The Morgan fingerprint density at radius 2 is 1.85 bits per heavy atom. The van der Waals surface area contributed by atoms with Gasteiger partial charge in [0.05, 0.1) is 11.8 Å². The van der Waals surface area contributed by atoms with Crippen molar-refractivity contribution in [1.29, 1.82) is 0 Å². The van der Waals surface area contributed by atoms with Crippen molar-refractivity contribution in [2.24, 2.45) is 5.92 Å². The van der Waals surface area contributed by atoms with Gasteiger partial charge in [0.25, 0.3) is 5.91 Å². The lowest BCUT2D eigenvalue weighted by Gasteiger charge is -2.30. The molecule has 40 heavy (non-hydrogen) atoms. The van der Waals surface area contributed by atoms with Crippen molar-refractivity contribution >= 4 is 23.4 Å². The summed E-state index contributed by atoms with van der Waals surface area (Å²) in [5, 5.41) is 19.3. The van der Waals surface area contributed by atoms with Crippen LogP contribution >= 0.6 is 0 Å². The van der Waals surface area contributed by atoms with Gasteiger partial charge in [-0.05, 0) is 61.8 Å². The number of aryl methyl sites for hydroxylation is 1. The van der Waals surface area contributed by atoms with Crippen LogP contribution in [0.15, 0.2) is 30.5 Å². The summed E-state index contributed by atoms with van der Waals surface area (Å²) in [4.78, 5) is 40.6. The van der Waals surface area contributed by atoms with Gasteiger partial charge in [-0.15, -0.1) is 0 Å². The highest BCUT2D eigenvalue weighted by Crippen LogP contribution is 2.26. The molecule has 1 aliphatic rings. The summed E-state index contributed by atoms with van der Waals surface area (Å²) in [6.45, 7) is 9.59. The molecule has 2 heterocycles. The number of carbonyl (C=O) groups excluding carboxylic acids is 3. The summed E-state index contributed by atoms with van der Waals surface area (Å²) in [5.74, 6) is -1.21. The van der Waals surface area contributed by atoms with Crippen molar-refractivity contribution < 1.29 is 23.9 Å². The SMILES string of the molecule is CCC(C)CCCC(NC(=O)c1ccnn1CC)C(=O)Nc1ccc(C(C)CC(=O)N2CCC(O)CC2)cc1F. The topological polar surface area (TPSA) is 117 Å². The van der Waals surface area contributed by atoms with Gasteiger partial charge in [0.15, 0.2) is 0 Å². The number of aliphatic hydroxyl groups excluding tert-OH is 1. The lowest BCUT2D eigenvalue weighted by atomic mass is 9.96. The Morgan fingerprint density at radius 3 is 2.50 bits per heavy atom. The molecule has 3 rings (SSSR count). The Balaban J connectivity index is 1.65. The Hall–Kier alpha value is -3.27. The van der Waals surface area contributed by atoms with Crippen molar-refractivity contribution in [3.05, 3.63) is 47.5 Å². The van der Waals surface area contributed by atoms with Gasteiger partial charge >= 0.3 is 0 Å². The number of likely N-dealkylation sites (tertiary alicyclic amines) is 1. The van der Waals surface area contributed by atoms with Crippen LogP contribution in [-0.4, -0.2) is 62.7 Å². The van der Waals surface area contributed by atoms with Crippen LogP contribution in [-0.2, 0) is 16.1 Å². The zero-order valence-electron chi connectivity index (χ0n) is 24.2. The molecule has 1 aliphatic heterocycles. The van der Waals surface area contributed by atoms with E-state index in [-0.39, 0.29) is 30.0 Å². The van der Waals surface area contributed by atoms with E-state index in [4.69, 9.17) is 0 Å². The van der Waals surface area contributed by atoms with Gasteiger partial charge in [0, 0.05) is 32.3 Å². The molecule has 0 saturated carbocycles. The van der Waals surface area contributed by atoms with Crippen molar-refractivity contribution in [3.63, 3.8) is 0 Å². The maximum Gasteiger partial charge on any atom is 0.270 e. The fourth-order valence-corrected chi connectivity index (χ4v) is 4.94. The molecule has 1 fully saturated rings. The predicted molar refractivity (Wildman–Crippen MR) is 152 cm³/mol. The van der Waals surface area contributed by atoms with Crippen LogP contribution in [0.4, 0.5) is 10.1 Å². The molecule has 3 N–H and O–H groups in total. The molecule has 0 radical (unpaired) electrons. The minimum absolute atomic E-state index is 0.0161. The van der Waals surface area contributed by atoms with Gasteiger partial charge in [0.2, 0.25) is 11.8 Å². The molecule has 10 heteroatoms.